The molecular weight excluding hydrogens is 928 g/mol. The molecule has 12 heteroatoms. The van der Waals surface area contributed by atoms with E-state index in [0.29, 0.717) is 19.3 Å². The summed E-state index contributed by atoms with van der Waals surface area (Å²) in [5.74, 6) is -1.58. The Kier molecular flexibility index (Phi) is 51.4. The first-order valence-corrected chi connectivity index (χ1v) is 30.0. The van der Waals surface area contributed by atoms with E-state index < -0.39 is 57.8 Å². The number of carbonyl (C=O) groups excluding carboxylic acids is 3. The van der Waals surface area contributed by atoms with Crippen molar-refractivity contribution >= 4 is 25.7 Å². The predicted octanol–water partition coefficient (Wildman–Crippen LogP) is 16.7. The topological polar surface area (TPSA) is 155 Å². The minimum absolute atomic E-state index is 0.102. The van der Waals surface area contributed by atoms with Gasteiger partial charge in [-0.25, -0.2) is 4.57 Å². The van der Waals surface area contributed by atoms with Crippen LogP contribution in [0.25, 0.3) is 0 Å². The van der Waals surface area contributed by atoms with Crippen LogP contribution in [0.2, 0.25) is 0 Å². The van der Waals surface area contributed by atoms with Gasteiger partial charge in [-0.2, -0.15) is 0 Å². The molecule has 0 fully saturated rings. The number of rotatable bonds is 52. The lowest BCUT2D eigenvalue weighted by Crippen LogP contribution is -2.30. The maximum Gasteiger partial charge on any atom is 0.472 e. The summed E-state index contributed by atoms with van der Waals surface area (Å²) in [6.07, 6.45) is 61.3. The highest BCUT2D eigenvalue weighted by Gasteiger charge is 2.28. The Labute approximate surface area is 439 Å². The van der Waals surface area contributed by atoms with Crippen LogP contribution in [0, 0.1) is 0 Å². The number of aliphatic hydroxyl groups is 1. The van der Waals surface area contributed by atoms with E-state index >= 15 is 0 Å². The average Bonchev–Trinajstić information content (AvgIpc) is 3.37. The zero-order chi connectivity index (χ0) is 52.7. The van der Waals surface area contributed by atoms with Crippen molar-refractivity contribution in [1.29, 1.82) is 0 Å². The lowest BCUT2D eigenvalue weighted by atomic mass is 10.1. The quantitative estimate of drug-likeness (QED) is 0.0197. The zero-order valence-electron chi connectivity index (χ0n) is 45.6. The van der Waals surface area contributed by atoms with E-state index in [1.807, 2.05) is 12.2 Å². The molecule has 0 aromatic heterocycles. The number of unbranched alkanes of at least 4 members (excludes halogenated alkanes) is 21. The van der Waals surface area contributed by atoms with Crippen LogP contribution in [-0.2, 0) is 42.2 Å². The molecule has 2 N–H and O–H groups in total. The van der Waals surface area contributed by atoms with Gasteiger partial charge in [0, 0.05) is 19.3 Å². The second kappa shape index (κ2) is 53.9. The normalized spacial score (nSPS) is 14.0. The molecule has 0 rings (SSSR count). The van der Waals surface area contributed by atoms with Crippen molar-refractivity contribution < 1.29 is 52.2 Å². The van der Waals surface area contributed by atoms with Crippen molar-refractivity contribution in [2.45, 2.75) is 251 Å². The van der Waals surface area contributed by atoms with E-state index in [1.54, 1.807) is 0 Å². The summed E-state index contributed by atoms with van der Waals surface area (Å²) in [4.78, 5) is 48.4. The van der Waals surface area contributed by atoms with Crippen LogP contribution in [0.3, 0.4) is 0 Å². The van der Waals surface area contributed by atoms with E-state index in [4.69, 9.17) is 23.3 Å². The SMILES string of the molecule is CC/C=C\C/C=C\C/C=C\C/C=C\CCC(=O)OCC(COP(=O)(O)OCC(CO)OC(=O)CCCCCCC/C=C\CCCCCC)OC(=O)CCCCCCCCCCC/C=C\C/C=C\CCCCC. The molecule has 0 saturated carbocycles. The smallest absolute Gasteiger partial charge is 0.462 e. The summed E-state index contributed by atoms with van der Waals surface area (Å²) in [6.45, 7) is 4.39. The predicted molar refractivity (Wildman–Crippen MR) is 298 cm³/mol. The highest BCUT2D eigenvalue weighted by molar-refractivity contribution is 7.47. The summed E-state index contributed by atoms with van der Waals surface area (Å²) in [7, 11) is -4.77. The number of carbonyl (C=O) groups is 3. The van der Waals surface area contributed by atoms with Gasteiger partial charge in [-0.3, -0.25) is 23.4 Å². The van der Waals surface area contributed by atoms with Gasteiger partial charge in [0.15, 0.2) is 6.10 Å². The molecule has 0 aliphatic rings. The van der Waals surface area contributed by atoms with Crippen LogP contribution in [0.4, 0.5) is 0 Å². The summed E-state index contributed by atoms with van der Waals surface area (Å²) in [6, 6.07) is 0. The first-order valence-electron chi connectivity index (χ1n) is 28.5. The molecule has 0 aliphatic heterocycles. The van der Waals surface area contributed by atoms with Gasteiger partial charge < -0.3 is 24.2 Å². The van der Waals surface area contributed by atoms with Crippen molar-refractivity contribution in [2.75, 3.05) is 26.4 Å². The summed E-state index contributed by atoms with van der Waals surface area (Å²) < 4.78 is 39.4. The molecule has 3 atom stereocenters. The van der Waals surface area contributed by atoms with E-state index in [2.05, 4.69) is 93.7 Å². The number of aliphatic hydroxyl groups excluding tert-OH is 1. The second-order valence-corrected chi connectivity index (χ2v) is 20.2. The van der Waals surface area contributed by atoms with Gasteiger partial charge in [-0.15, -0.1) is 0 Å². The Morgan fingerprint density at radius 1 is 0.403 bits per heavy atom. The van der Waals surface area contributed by atoms with Crippen molar-refractivity contribution in [3.8, 4) is 0 Å². The monoisotopic (exact) mass is 1030 g/mol. The second-order valence-electron chi connectivity index (χ2n) is 18.7. The van der Waals surface area contributed by atoms with Crippen LogP contribution in [0.15, 0.2) is 85.1 Å². The largest absolute Gasteiger partial charge is 0.472 e. The third-order valence-corrected chi connectivity index (χ3v) is 12.7. The van der Waals surface area contributed by atoms with E-state index in [0.717, 1.165) is 96.3 Å². The van der Waals surface area contributed by atoms with Crippen molar-refractivity contribution in [3.63, 3.8) is 0 Å². The molecule has 0 aromatic rings. The Bertz CT molecular complexity index is 1530. The highest BCUT2D eigenvalue weighted by Crippen LogP contribution is 2.43. The van der Waals surface area contributed by atoms with Crippen LogP contribution in [0.5, 0.6) is 0 Å². The van der Waals surface area contributed by atoms with Gasteiger partial charge in [0.1, 0.15) is 12.7 Å². The van der Waals surface area contributed by atoms with Gasteiger partial charge in [0.25, 0.3) is 0 Å². The Morgan fingerprint density at radius 3 is 1.21 bits per heavy atom. The minimum atomic E-state index is -4.77. The number of phosphoric ester groups is 1. The van der Waals surface area contributed by atoms with Crippen LogP contribution < -0.4 is 0 Å². The summed E-state index contributed by atoms with van der Waals surface area (Å²) >= 11 is 0. The third kappa shape index (κ3) is 51.6. The number of phosphoric acid groups is 1. The van der Waals surface area contributed by atoms with Crippen LogP contribution >= 0.6 is 7.82 Å². The Morgan fingerprint density at radius 2 is 0.750 bits per heavy atom. The Hall–Kier alpha value is -3.34. The number of esters is 3. The molecule has 0 aliphatic carbocycles. The van der Waals surface area contributed by atoms with Gasteiger partial charge in [0.2, 0.25) is 0 Å². The van der Waals surface area contributed by atoms with E-state index in [9.17, 15) is 28.9 Å². The molecule has 0 heterocycles. The fourth-order valence-corrected chi connectivity index (χ4v) is 8.24. The molecule has 0 aromatic carbocycles. The molecule has 414 valence electrons. The molecule has 0 radical (unpaired) electrons. The molecule has 0 amide bonds. The standard InChI is InChI=1S/C60H103O11P/c1-4-7-10-13-16-19-22-25-26-27-28-29-30-33-36-39-42-45-48-51-60(64)71-57(53-67-58(62)49-46-43-40-37-34-31-23-20-17-14-11-8-5-2)55-69-72(65,66)68-54-56(52-61)70-59(63)50-47-44-41-38-35-32-24-21-18-15-12-9-6-3/h8,11,16-17,19-21,24-26,31,34,40,43,56-57,61H,4-7,9-10,12-15,18,22-23,27-30,32-33,35-39,41-42,44-55H2,1-3H3,(H,65,66)/b11-8-,19-16-,20-17-,24-21-,26-25-,34-31-,43-40-. The first kappa shape index (κ1) is 68.7. The van der Waals surface area contributed by atoms with Gasteiger partial charge >= 0.3 is 25.7 Å². The summed E-state index contributed by atoms with van der Waals surface area (Å²) in [5.41, 5.74) is 0. The van der Waals surface area contributed by atoms with E-state index in [-0.39, 0.29) is 25.9 Å². The summed E-state index contributed by atoms with van der Waals surface area (Å²) in [5, 5.41) is 9.80. The lowest BCUT2D eigenvalue weighted by molar-refractivity contribution is -0.161. The number of ether oxygens (including phenoxy) is 3. The Balaban J connectivity index is 4.79. The van der Waals surface area contributed by atoms with Gasteiger partial charge in [-0.1, -0.05) is 202 Å². The minimum Gasteiger partial charge on any atom is -0.462 e. The highest BCUT2D eigenvalue weighted by atomic mass is 31.2. The van der Waals surface area contributed by atoms with Crippen molar-refractivity contribution in [1.82, 2.24) is 0 Å². The number of hydrogen-bond acceptors (Lipinski definition) is 10. The zero-order valence-corrected chi connectivity index (χ0v) is 46.5. The molecule has 11 nitrogen and oxygen atoms in total. The van der Waals surface area contributed by atoms with Crippen LogP contribution in [0.1, 0.15) is 239 Å². The first-order chi connectivity index (χ1) is 35.2. The van der Waals surface area contributed by atoms with Gasteiger partial charge in [-0.05, 0) is 103 Å². The van der Waals surface area contributed by atoms with Gasteiger partial charge in [0.05, 0.1) is 19.8 Å². The van der Waals surface area contributed by atoms with Crippen LogP contribution in [-0.4, -0.2) is 66.5 Å². The average molecular weight is 1030 g/mol. The molecule has 3 unspecified atom stereocenters. The van der Waals surface area contributed by atoms with Crippen molar-refractivity contribution in [3.05, 3.63) is 85.1 Å². The molecule has 0 spiro atoms. The molecular formula is C60H103O11P. The van der Waals surface area contributed by atoms with E-state index in [1.165, 1.54) is 83.5 Å². The van der Waals surface area contributed by atoms with Crippen molar-refractivity contribution in [2.24, 2.45) is 0 Å². The molecule has 0 saturated heterocycles. The lowest BCUT2D eigenvalue weighted by Gasteiger charge is -2.21. The third-order valence-electron chi connectivity index (χ3n) is 11.8. The fourth-order valence-electron chi connectivity index (χ4n) is 7.45. The maximum absolute atomic E-state index is 12.9. The molecule has 72 heavy (non-hydrogen) atoms. The maximum atomic E-state index is 12.9. The molecule has 0 bridgehead atoms. The fraction of sp³-hybridized carbons (Fsp3) is 0.717. The number of hydrogen-bond donors (Lipinski definition) is 2. The number of allylic oxidation sites excluding steroid dienone is 14.